The summed E-state index contributed by atoms with van der Waals surface area (Å²) in [5.41, 5.74) is 4.80. The van der Waals surface area contributed by atoms with Gasteiger partial charge in [-0.3, -0.25) is 0 Å². The molecular formula is C42H58N6S2. The summed E-state index contributed by atoms with van der Waals surface area (Å²) in [5.74, 6) is 0. The molecule has 0 aromatic heterocycles. The molecule has 0 aliphatic carbocycles. The third kappa shape index (κ3) is 15.8. The van der Waals surface area contributed by atoms with Gasteiger partial charge in [0.25, 0.3) is 0 Å². The summed E-state index contributed by atoms with van der Waals surface area (Å²) < 4.78 is 0. The first-order valence-electron chi connectivity index (χ1n) is 17.9. The van der Waals surface area contributed by atoms with E-state index in [2.05, 4.69) is 129 Å². The molecule has 4 aromatic carbocycles. The Labute approximate surface area is 312 Å². The van der Waals surface area contributed by atoms with Crippen LogP contribution in [0, 0.1) is 0 Å². The van der Waals surface area contributed by atoms with Crippen LogP contribution >= 0.6 is 24.4 Å². The zero-order valence-corrected chi connectivity index (χ0v) is 30.3. The highest BCUT2D eigenvalue weighted by molar-refractivity contribution is 7.80. The fraction of sp³-hybridized carbons (Fsp3) is 0.381. The maximum atomic E-state index is 5.63. The van der Waals surface area contributed by atoms with E-state index in [1.165, 1.54) is 54.4 Å². The lowest BCUT2D eigenvalue weighted by molar-refractivity contribution is 0.546. The van der Waals surface area contributed by atoms with Gasteiger partial charge in [-0.15, -0.1) is 0 Å². The minimum atomic E-state index is 0. The molecule has 0 saturated carbocycles. The molecule has 0 unspecified atom stereocenters. The van der Waals surface area contributed by atoms with Crippen LogP contribution in [0.2, 0.25) is 0 Å². The van der Waals surface area contributed by atoms with E-state index in [0.29, 0.717) is 10.2 Å². The molecule has 0 radical (unpaired) electrons. The van der Waals surface area contributed by atoms with E-state index in [0.717, 1.165) is 52.1 Å². The maximum absolute atomic E-state index is 5.63. The van der Waals surface area contributed by atoms with Gasteiger partial charge in [0, 0.05) is 13.1 Å². The van der Waals surface area contributed by atoms with Gasteiger partial charge in [-0.05, 0) is 98.6 Å². The molecular weight excluding hydrogens is 653 g/mol. The van der Waals surface area contributed by atoms with Crippen molar-refractivity contribution in [1.82, 2.24) is 31.9 Å². The number of thiocarbonyl (C=S) groups is 2. The summed E-state index contributed by atoms with van der Waals surface area (Å²) in [7, 11) is 0. The van der Waals surface area contributed by atoms with Crippen molar-refractivity contribution in [3.8, 4) is 0 Å². The second-order valence-electron chi connectivity index (χ2n) is 12.3. The highest BCUT2D eigenvalue weighted by Crippen LogP contribution is 2.22. The van der Waals surface area contributed by atoms with Crippen LogP contribution in [0.15, 0.2) is 121 Å². The minimum absolute atomic E-state index is 0. The SMILES string of the molecule is C.S=C(NCCCNCCCCCCCNCCCNC(=S)NC(c1ccccc1)c1ccccc1)NC(c1ccccc1)c1ccccc1. The van der Waals surface area contributed by atoms with Gasteiger partial charge in [0.2, 0.25) is 0 Å². The quantitative estimate of drug-likeness (QED) is 0.0362. The zero-order valence-electron chi connectivity index (χ0n) is 28.7. The van der Waals surface area contributed by atoms with Crippen molar-refractivity contribution in [2.75, 3.05) is 39.3 Å². The van der Waals surface area contributed by atoms with Gasteiger partial charge < -0.3 is 31.9 Å². The molecule has 0 atom stereocenters. The predicted octanol–water partition coefficient (Wildman–Crippen LogP) is 8.04. The molecule has 0 bridgehead atoms. The lowest BCUT2D eigenvalue weighted by Crippen LogP contribution is -2.39. The van der Waals surface area contributed by atoms with Crippen LogP contribution in [0.5, 0.6) is 0 Å². The molecule has 0 amide bonds. The van der Waals surface area contributed by atoms with Crippen LogP contribution in [-0.4, -0.2) is 49.5 Å². The van der Waals surface area contributed by atoms with E-state index in [1.807, 2.05) is 24.3 Å². The predicted molar refractivity (Wildman–Crippen MR) is 222 cm³/mol. The van der Waals surface area contributed by atoms with Gasteiger partial charge in [-0.25, -0.2) is 0 Å². The number of rotatable bonds is 22. The van der Waals surface area contributed by atoms with Gasteiger partial charge in [0.1, 0.15) is 0 Å². The third-order valence-corrected chi connectivity index (χ3v) is 8.95. The number of nitrogens with one attached hydrogen (secondary N) is 6. The van der Waals surface area contributed by atoms with E-state index in [9.17, 15) is 0 Å². The zero-order chi connectivity index (χ0) is 34.2. The highest BCUT2D eigenvalue weighted by Gasteiger charge is 2.15. The first-order valence-corrected chi connectivity index (χ1v) is 18.7. The molecule has 4 rings (SSSR count). The fourth-order valence-electron chi connectivity index (χ4n) is 5.78. The monoisotopic (exact) mass is 710 g/mol. The molecule has 50 heavy (non-hydrogen) atoms. The minimum Gasteiger partial charge on any atom is -0.363 e. The van der Waals surface area contributed by atoms with Crippen LogP contribution in [-0.2, 0) is 0 Å². The Morgan fingerprint density at radius 2 is 0.660 bits per heavy atom. The molecule has 6 N–H and O–H groups in total. The Morgan fingerprint density at radius 1 is 0.380 bits per heavy atom. The largest absolute Gasteiger partial charge is 0.363 e. The maximum Gasteiger partial charge on any atom is 0.167 e. The average Bonchev–Trinajstić information content (AvgIpc) is 3.15. The standard InChI is InChI=1S/C41H54N6S2.CH4/c48-40(46-38(34-20-8-4-9-21-34)35-22-10-5-11-23-35)44-32-18-30-42-28-16-2-1-3-17-29-43-31-19-33-45-41(49)47-39(36-24-12-6-13-25-36)37-26-14-7-15-27-37;/h4-15,20-27,38-39,42-43H,1-3,16-19,28-33H2,(H2,44,46,48)(H2,45,47,49);1H4. The van der Waals surface area contributed by atoms with Gasteiger partial charge in [0.15, 0.2) is 10.2 Å². The summed E-state index contributed by atoms with van der Waals surface area (Å²) in [5, 5.41) is 22.3. The van der Waals surface area contributed by atoms with Crippen LogP contribution < -0.4 is 31.9 Å². The second-order valence-corrected chi connectivity index (χ2v) is 13.1. The first-order chi connectivity index (χ1) is 24.2. The molecule has 8 heteroatoms. The molecule has 0 aliphatic rings. The topological polar surface area (TPSA) is 72.2 Å². The summed E-state index contributed by atoms with van der Waals surface area (Å²) >= 11 is 11.3. The number of benzene rings is 4. The lowest BCUT2D eigenvalue weighted by atomic mass is 9.99. The number of hydrogen-bond acceptors (Lipinski definition) is 4. The van der Waals surface area contributed by atoms with E-state index in [-0.39, 0.29) is 19.5 Å². The van der Waals surface area contributed by atoms with Crippen molar-refractivity contribution >= 4 is 34.7 Å². The van der Waals surface area contributed by atoms with Crippen molar-refractivity contribution in [3.05, 3.63) is 144 Å². The summed E-state index contributed by atoms with van der Waals surface area (Å²) in [6.45, 7) is 5.85. The van der Waals surface area contributed by atoms with Crippen molar-refractivity contribution in [2.45, 2.75) is 64.5 Å². The number of unbranched alkanes of at least 4 members (excludes halogenated alkanes) is 4. The smallest absolute Gasteiger partial charge is 0.167 e. The second kappa shape index (κ2) is 25.2. The van der Waals surface area contributed by atoms with Crippen LogP contribution in [0.4, 0.5) is 0 Å². The Morgan fingerprint density at radius 3 is 0.980 bits per heavy atom. The molecule has 4 aromatic rings. The first kappa shape index (κ1) is 40.6. The summed E-state index contributed by atoms with van der Waals surface area (Å²) in [6, 6.07) is 41.9. The van der Waals surface area contributed by atoms with Crippen LogP contribution in [0.3, 0.4) is 0 Å². The Kier molecular flexibility index (Phi) is 20.4. The number of hydrogen-bond donors (Lipinski definition) is 6. The van der Waals surface area contributed by atoms with Crippen molar-refractivity contribution in [3.63, 3.8) is 0 Å². The Bertz CT molecular complexity index is 1250. The van der Waals surface area contributed by atoms with Crippen molar-refractivity contribution < 1.29 is 0 Å². The summed E-state index contributed by atoms with van der Waals surface area (Å²) in [4.78, 5) is 0. The molecule has 0 heterocycles. The lowest BCUT2D eigenvalue weighted by Gasteiger charge is -2.22. The van der Waals surface area contributed by atoms with Crippen molar-refractivity contribution in [1.29, 1.82) is 0 Å². The average molecular weight is 711 g/mol. The fourth-order valence-corrected chi connectivity index (χ4v) is 6.22. The van der Waals surface area contributed by atoms with E-state index >= 15 is 0 Å². The molecule has 6 nitrogen and oxygen atoms in total. The van der Waals surface area contributed by atoms with Crippen molar-refractivity contribution in [2.24, 2.45) is 0 Å². The third-order valence-electron chi connectivity index (χ3n) is 8.42. The molecule has 0 fully saturated rings. The van der Waals surface area contributed by atoms with Gasteiger partial charge in [-0.1, -0.05) is 148 Å². The molecule has 0 saturated heterocycles. The van der Waals surface area contributed by atoms with Gasteiger partial charge >= 0.3 is 0 Å². The van der Waals surface area contributed by atoms with Gasteiger partial charge in [0.05, 0.1) is 12.1 Å². The van der Waals surface area contributed by atoms with Crippen LogP contribution in [0.1, 0.15) is 86.7 Å². The van der Waals surface area contributed by atoms with E-state index in [4.69, 9.17) is 24.4 Å². The molecule has 0 aliphatic heterocycles. The van der Waals surface area contributed by atoms with E-state index in [1.54, 1.807) is 0 Å². The molecule has 0 spiro atoms. The van der Waals surface area contributed by atoms with Gasteiger partial charge in [-0.2, -0.15) is 0 Å². The normalized spacial score (nSPS) is 10.8. The highest BCUT2D eigenvalue weighted by atomic mass is 32.1. The van der Waals surface area contributed by atoms with E-state index < -0.39 is 0 Å². The molecule has 268 valence electrons. The Balaban J connectivity index is 0.00000676. The summed E-state index contributed by atoms with van der Waals surface area (Å²) in [6.07, 6.45) is 8.38. The Hall–Kier alpha value is -3.82. The van der Waals surface area contributed by atoms with Crippen LogP contribution in [0.25, 0.3) is 0 Å².